The zero-order valence-electron chi connectivity index (χ0n) is 9.57. The number of carbonyl (C=O) groups is 1. The Morgan fingerprint density at radius 1 is 1.69 bits per heavy atom. The summed E-state index contributed by atoms with van der Waals surface area (Å²) in [6.45, 7) is 3.16. The molecule has 0 aromatic heterocycles. The van der Waals surface area contributed by atoms with Gasteiger partial charge >= 0.3 is 0 Å². The topological polar surface area (TPSA) is 67.6 Å². The minimum absolute atomic E-state index is 0.0826. The van der Waals surface area contributed by atoms with Crippen molar-refractivity contribution in [3.63, 3.8) is 0 Å². The quantitative estimate of drug-likeness (QED) is 0.639. The molecule has 1 amide bonds. The normalized spacial score (nSPS) is 21.7. The third-order valence-corrected chi connectivity index (χ3v) is 2.89. The fourth-order valence-electron chi connectivity index (χ4n) is 1.67. The molecule has 1 fully saturated rings. The first-order valence-corrected chi connectivity index (χ1v) is 5.88. The molecule has 0 aromatic rings. The van der Waals surface area contributed by atoms with E-state index in [2.05, 4.69) is 10.2 Å². The number of ether oxygens (including phenoxy) is 1. The van der Waals surface area contributed by atoms with Crippen LogP contribution in [0.2, 0.25) is 0 Å². The van der Waals surface area contributed by atoms with E-state index in [1.807, 2.05) is 0 Å². The molecule has 1 saturated heterocycles. The van der Waals surface area contributed by atoms with Crippen LogP contribution in [0.5, 0.6) is 0 Å². The number of thiocarbonyl (C=S) groups is 1. The van der Waals surface area contributed by atoms with Crippen molar-refractivity contribution in [1.82, 2.24) is 10.2 Å². The Balaban J connectivity index is 2.21. The lowest BCUT2D eigenvalue weighted by Crippen LogP contribution is -2.48. The number of morpholine rings is 1. The van der Waals surface area contributed by atoms with Crippen LogP contribution in [0.1, 0.15) is 12.8 Å². The summed E-state index contributed by atoms with van der Waals surface area (Å²) in [4.78, 5) is 13.7. The minimum atomic E-state index is -0.135. The molecule has 16 heavy (non-hydrogen) atoms. The van der Waals surface area contributed by atoms with E-state index in [1.54, 1.807) is 7.05 Å². The number of amides is 1. The van der Waals surface area contributed by atoms with Crippen LogP contribution in [-0.4, -0.2) is 55.2 Å². The molecular weight excluding hydrogens is 226 g/mol. The monoisotopic (exact) mass is 245 g/mol. The molecule has 1 rings (SSSR count). The van der Waals surface area contributed by atoms with Crippen molar-refractivity contribution in [1.29, 1.82) is 0 Å². The van der Waals surface area contributed by atoms with Gasteiger partial charge < -0.3 is 15.8 Å². The van der Waals surface area contributed by atoms with E-state index in [-0.39, 0.29) is 12.0 Å². The number of hydrogen-bond acceptors (Lipinski definition) is 4. The predicted molar refractivity (Wildman–Crippen MR) is 66.3 cm³/mol. The average molecular weight is 245 g/mol. The van der Waals surface area contributed by atoms with Gasteiger partial charge in [0.1, 0.15) is 11.1 Å². The first-order chi connectivity index (χ1) is 7.63. The molecule has 0 spiro atoms. The van der Waals surface area contributed by atoms with Crippen molar-refractivity contribution < 1.29 is 9.53 Å². The fraction of sp³-hybridized carbons (Fsp3) is 0.800. The molecule has 0 saturated carbocycles. The van der Waals surface area contributed by atoms with Crippen LogP contribution < -0.4 is 11.1 Å². The van der Waals surface area contributed by atoms with Gasteiger partial charge in [-0.1, -0.05) is 12.2 Å². The van der Waals surface area contributed by atoms with E-state index >= 15 is 0 Å². The van der Waals surface area contributed by atoms with Crippen LogP contribution in [0.15, 0.2) is 0 Å². The Morgan fingerprint density at radius 3 is 3.06 bits per heavy atom. The highest BCUT2D eigenvalue weighted by molar-refractivity contribution is 7.80. The summed E-state index contributed by atoms with van der Waals surface area (Å²) in [7, 11) is 1.65. The van der Waals surface area contributed by atoms with E-state index in [0.717, 1.165) is 26.1 Å². The van der Waals surface area contributed by atoms with Crippen LogP contribution in [0.4, 0.5) is 0 Å². The summed E-state index contributed by atoms with van der Waals surface area (Å²) in [6.07, 6.45) is 1.28. The molecule has 0 aliphatic carbocycles. The van der Waals surface area contributed by atoms with Gasteiger partial charge in [-0.2, -0.15) is 0 Å². The Labute approximate surface area is 101 Å². The number of nitrogens with two attached hydrogens (primary N) is 1. The van der Waals surface area contributed by atoms with Gasteiger partial charge in [0.15, 0.2) is 0 Å². The lowest BCUT2D eigenvalue weighted by molar-refractivity contribution is -0.120. The van der Waals surface area contributed by atoms with Crippen molar-refractivity contribution >= 4 is 23.1 Å². The molecule has 1 aliphatic heterocycles. The Hall–Kier alpha value is -0.720. The van der Waals surface area contributed by atoms with Gasteiger partial charge in [-0.3, -0.25) is 9.69 Å². The molecule has 5 nitrogen and oxygen atoms in total. The molecule has 0 aromatic carbocycles. The number of nitrogens with zero attached hydrogens (tertiary/aromatic N) is 1. The summed E-state index contributed by atoms with van der Waals surface area (Å²) in [5, 5.41) is 2.61. The Kier molecular flexibility index (Phi) is 5.65. The summed E-state index contributed by atoms with van der Waals surface area (Å²) in [5.74, 6) is 0.0826. The van der Waals surface area contributed by atoms with Crippen molar-refractivity contribution in [2.75, 3.05) is 33.3 Å². The maximum atomic E-state index is 11.0. The third-order valence-electron chi connectivity index (χ3n) is 2.62. The first-order valence-electron chi connectivity index (χ1n) is 5.47. The van der Waals surface area contributed by atoms with Crippen molar-refractivity contribution in [2.45, 2.75) is 18.9 Å². The molecular formula is C10H19N3O2S. The minimum Gasteiger partial charge on any atom is -0.391 e. The standard InChI is InChI=1S/C10H19N3O2S/c1-12-9(14)3-2-4-13-5-6-15-8(7-13)10(11)16/h8H,2-7H2,1H3,(H2,11,16)(H,12,14). The highest BCUT2D eigenvalue weighted by atomic mass is 32.1. The van der Waals surface area contributed by atoms with Gasteiger partial charge in [0, 0.05) is 26.6 Å². The number of hydrogen-bond donors (Lipinski definition) is 2. The molecule has 6 heteroatoms. The first kappa shape index (κ1) is 13.3. The van der Waals surface area contributed by atoms with E-state index in [1.165, 1.54) is 0 Å². The number of rotatable bonds is 5. The van der Waals surface area contributed by atoms with Gasteiger partial charge in [0.2, 0.25) is 5.91 Å². The van der Waals surface area contributed by atoms with Crippen LogP contribution in [-0.2, 0) is 9.53 Å². The van der Waals surface area contributed by atoms with Crippen LogP contribution in [0.25, 0.3) is 0 Å². The smallest absolute Gasteiger partial charge is 0.219 e. The third kappa shape index (κ3) is 4.42. The van der Waals surface area contributed by atoms with Gasteiger partial charge in [-0.15, -0.1) is 0 Å². The Morgan fingerprint density at radius 2 is 2.44 bits per heavy atom. The number of nitrogens with one attached hydrogen (secondary N) is 1. The molecule has 92 valence electrons. The molecule has 1 unspecified atom stereocenters. The highest BCUT2D eigenvalue weighted by Crippen LogP contribution is 2.06. The zero-order valence-corrected chi connectivity index (χ0v) is 10.4. The van der Waals surface area contributed by atoms with E-state index in [9.17, 15) is 4.79 Å². The van der Waals surface area contributed by atoms with Crippen LogP contribution >= 0.6 is 12.2 Å². The fourth-order valence-corrected chi connectivity index (χ4v) is 1.81. The maximum absolute atomic E-state index is 11.0. The second-order valence-corrected chi connectivity index (χ2v) is 4.31. The molecule has 0 bridgehead atoms. The Bertz CT molecular complexity index is 260. The molecule has 1 heterocycles. The SMILES string of the molecule is CNC(=O)CCCN1CCOC(C(N)=S)C1. The zero-order chi connectivity index (χ0) is 12.0. The lowest BCUT2D eigenvalue weighted by Gasteiger charge is -2.32. The predicted octanol–water partition coefficient (Wildman–Crippen LogP) is -0.500. The van der Waals surface area contributed by atoms with Crippen molar-refractivity contribution in [3.8, 4) is 0 Å². The van der Waals surface area contributed by atoms with Crippen molar-refractivity contribution in [2.24, 2.45) is 5.73 Å². The molecule has 0 radical (unpaired) electrons. The average Bonchev–Trinajstić information content (AvgIpc) is 2.29. The van der Waals surface area contributed by atoms with Crippen LogP contribution in [0, 0.1) is 0 Å². The van der Waals surface area contributed by atoms with Gasteiger partial charge in [-0.25, -0.2) is 0 Å². The van der Waals surface area contributed by atoms with Crippen LogP contribution in [0.3, 0.4) is 0 Å². The molecule has 1 atom stereocenters. The summed E-state index contributed by atoms with van der Waals surface area (Å²) in [6, 6.07) is 0. The number of carbonyl (C=O) groups excluding carboxylic acids is 1. The van der Waals surface area contributed by atoms with Gasteiger partial charge in [-0.05, 0) is 13.0 Å². The maximum Gasteiger partial charge on any atom is 0.219 e. The largest absolute Gasteiger partial charge is 0.391 e. The summed E-state index contributed by atoms with van der Waals surface area (Å²) >= 11 is 4.90. The lowest BCUT2D eigenvalue weighted by atomic mass is 10.2. The van der Waals surface area contributed by atoms with E-state index in [4.69, 9.17) is 22.7 Å². The van der Waals surface area contributed by atoms with Crippen molar-refractivity contribution in [3.05, 3.63) is 0 Å². The van der Waals surface area contributed by atoms with Gasteiger partial charge in [0.25, 0.3) is 0 Å². The molecule has 3 N–H and O–H groups in total. The summed E-state index contributed by atoms with van der Waals surface area (Å²) < 4.78 is 5.43. The van der Waals surface area contributed by atoms with Gasteiger partial charge in [0.05, 0.1) is 6.61 Å². The van der Waals surface area contributed by atoms with E-state index in [0.29, 0.717) is 18.0 Å². The second-order valence-electron chi connectivity index (χ2n) is 3.84. The molecule has 1 aliphatic rings. The van der Waals surface area contributed by atoms with E-state index < -0.39 is 0 Å². The highest BCUT2D eigenvalue weighted by Gasteiger charge is 2.21. The summed E-state index contributed by atoms with van der Waals surface area (Å²) in [5.41, 5.74) is 5.54. The second kappa shape index (κ2) is 6.78.